The van der Waals surface area contributed by atoms with Crippen molar-refractivity contribution in [1.29, 1.82) is 0 Å². The molecule has 0 bridgehead atoms. The Morgan fingerprint density at radius 1 is 1.30 bits per heavy atom. The van der Waals surface area contributed by atoms with Gasteiger partial charge in [0.25, 0.3) is 0 Å². The van der Waals surface area contributed by atoms with Gasteiger partial charge in [-0.3, -0.25) is 9.69 Å². The minimum atomic E-state index is -4.54. The summed E-state index contributed by atoms with van der Waals surface area (Å²) in [6.45, 7) is 5.33. The van der Waals surface area contributed by atoms with E-state index in [9.17, 15) is 18.0 Å². The fourth-order valence-electron chi connectivity index (χ4n) is 1.67. The van der Waals surface area contributed by atoms with Crippen molar-refractivity contribution in [1.82, 2.24) is 4.90 Å². The molecule has 0 saturated carbocycles. The topological polar surface area (TPSA) is 32.3 Å². The number of hydrogen-bond donors (Lipinski definition) is 1. The van der Waals surface area contributed by atoms with Crippen molar-refractivity contribution < 1.29 is 18.0 Å². The first-order chi connectivity index (χ1) is 9.27. The molecule has 0 unspecified atom stereocenters. The number of halogens is 4. The van der Waals surface area contributed by atoms with Crippen molar-refractivity contribution in [2.24, 2.45) is 0 Å². The summed E-state index contributed by atoms with van der Waals surface area (Å²) in [6, 6.07) is 3.30. The highest BCUT2D eigenvalue weighted by molar-refractivity contribution is 6.31. The van der Waals surface area contributed by atoms with E-state index in [1.807, 2.05) is 18.7 Å². The Morgan fingerprint density at radius 2 is 1.90 bits per heavy atom. The fraction of sp³-hybridized carbons (Fsp3) is 0.462. The predicted octanol–water partition coefficient (Wildman–Crippen LogP) is 3.64. The molecule has 0 aliphatic rings. The first-order valence-corrected chi connectivity index (χ1v) is 6.54. The van der Waals surface area contributed by atoms with Crippen LogP contribution in [0.15, 0.2) is 18.2 Å². The minimum Gasteiger partial charge on any atom is -0.325 e. The molecule has 0 atom stereocenters. The van der Waals surface area contributed by atoms with Gasteiger partial charge in [-0.25, -0.2) is 0 Å². The summed E-state index contributed by atoms with van der Waals surface area (Å²) in [4.78, 5) is 13.6. The molecule has 7 heteroatoms. The van der Waals surface area contributed by atoms with Crippen LogP contribution in [0.25, 0.3) is 0 Å². The van der Waals surface area contributed by atoms with Gasteiger partial charge in [-0.15, -0.1) is 0 Å². The molecule has 0 saturated heterocycles. The van der Waals surface area contributed by atoms with Gasteiger partial charge in [0, 0.05) is 5.69 Å². The lowest BCUT2D eigenvalue weighted by Gasteiger charge is -2.17. The molecule has 0 aromatic heterocycles. The molecule has 1 rings (SSSR count). The summed E-state index contributed by atoms with van der Waals surface area (Å²) in [5.41, 5.74) is -0.876. The Bertz CT molecular complexity index is 473. The van der Waals surface area contributed by atoms with Gasteiger partial charge < -0.3 is 5.32 Å². The van der Waals surface area contributed by atoms with E-state index in [2.05, 4.69) is 5.32 Å². The molecule has 20 heavy (non-hydrogen) atoms. The highest BCUT2D eigenvalue weighted by Crippen LogP contribution is 2.36. The molecule has 1 amide bonds. The van der Waals surface area contributed by atoms with Crippen molar-refractivity contribution in [2.75, 3.05) is 25.0 Å². The van der Waals surface area contributed by atoms with Crippen molar-refractivity contribution >= 4 is 23.2 Å². The number of nitrogens with zero attached hydrogens (tertiary/aromatic N) is 1. The zero-order valence-corrected chi connectivity index (χ0v) is 12.0. The summed E-state index contributed by atoms with van der Waals surface area (Å²) in [5.74, 6) is -0.357. The minimum absolute atomic E-state index is 0.0823. The number of nitrogens with one attached hydrogen (secondary N) is 1. The van der Waals surface area contributed by atoms with Crippen LogP contribution in [0.4, 0.5) is 18.9 Å². The summed E-state index contributed by atoms with van der Waals surface area (Å²) in [6.07, 6.45) is -4.54. The van der Waals surface area contributed by atoms with E-state index in [1.54, 1.807) is 0 Å². The molecule has 0 aliphatic heterocycles. The third-order valence-electron chi connectivity index (χ3n) is 2.82. The number of alkyl halides is 3. The zero-order valence-electron chi connectivity index (χ0n) is 11.2. The second-order valence-electron chi connectivity index (χ2n) is 4.20. The number of rotatable bonds is 5. The number of amides is 1. The molecule has 0 spiro atoms. The van der Waals surface area contributed by atoms with E-state index >= 15 is 0 Å². The Balaban J connectivity index is 2.81. The maximum absolute atomic E-state index is 12.7. The molecule has 1 aromatic carbocycles. The molecule has 0 heterocycles. The van der Waals surface area contributed by atoms with Crippen LogP contribution in [0.5, 0.6) is 0 Å². The van der Waals surface area contributed by atoms with E-state index in [0.29, 0.717) is 13.1 Å². The molecule has 0 radical (unpaired) electrons. The van der Waals surface area contributed by atoms with Crippen molar-refractivity contribution in [3.8, 4) is 0 Å². The molecule has 0 fully saturated rings. The molecular formula is C13H16ClF3N2O. The fourth-order valence-corrected chi connectivity index (χ4v) is 1.90. The Hall–Kier alpha value is -1.27. The lowest BCUT2D eigenvalue weighted by Crippen LogP contribution is -2.32. The van der Waals surface area contributed by atoms with Crippen LogP contribution in [-0.4, -0.2) is 30.4 Å². The number of benzene rings is 1. The van der Waals surface area contributed by atoms with E-state index in [1.165, 1.54) is 6.07 Å². The van der Waals surface area contributed by atoms with Crippen molar-refractivity contribution in [2.45, 2.75) is 20.0 Å². The van der Waals surface area contributed by atoms with Gasteiger partial charge in [0.2, 0.25) is 5.91 Å². The first kappa shape index (κ1) is 16.8. The summed E-state index contributed by atoms with van der Waals surface area (Å²) >= 11 is 5.51. The van der Waals surface area contributed by atoms with E-state index in [-0.39, 0.29) is 23.2 Å². The Morgan fingerprint density at radius 3 is 2.40 bits per heavy atom. The van der Waals surface area contributed by atoms with Crippen LogP contribution in [-0.2, 0) is 11.0 Å². The van der Waals surface area contributed by atoms with Crippen LogP contribution in [0, 0.1) is 0 Å². The standard InChI is InChI=1S/C13H16ClF3N2O/c1-3-19(4-2)8-12(20)18-9-5-6-11(14)10(7-9)13(15,16)17/h5-7H,3-4,8H2,1-2H3,(H,18,20). The average molecular weight is 309 g/mol. The lowest BCUT2D eigenvalue weighted by molar-refractivity contribution is -0.137. The summed E-state index contributed by atoms with van der Waals surface area (Å²) in [7, 11) is 0. The van der Waals surface area contributed by atoms with Gasteiger partial charge in [-0.05, 0) is 31.3 Å². The third-order valence-corrected chi connectivity index (χ3v) is 3.15. The SMILES string of the molecule is CCN(CC)CC(=O)Nc1ccc(Cl)c(C(F)(F)F)c1. The maximum atomic E-state index is 12.7. The van der Waals surface area contributed by atoms with E-state index < -0.39 is 11.7 Å². The van der Waals surface area contributed by atoms with Crippen LogP contribution in [0.3, 0.4) is 0 Å². The number of carbonyl (C=O) groups excluding carboxylic acids is 1. The van der Waals surface area contributed by atoms with Crippen molar-refractivity contribution in [3.63, 3.8) is 0 Å². The van der Waals surface area contributed by atoms with Gasteiger partial charge >= 0.3 is 6.18 Å². The Kier molecular flexibility index (Phi) is 5.83. The lowest BCUT2D eigenvalue weighted by atomic mass is 10.2. The number of likely N-dealkylation sites (N-methyl/N-ethyl adjacent to an activating group) is 1. The monoisotopic (exact) mass is 308 g/mol. The summed E-state index contributed by atoms with van der Waals surface area (Å²) < 4.78 is 38.0. The average Bonchev–Trinajstić information content (AvgIpc) is 2.37. The van der Waals surface area contributed by atoms with Crippen LogP contribution in [0.1, 0.15) is 19.4 Å². The molecule has 3 nitrogen and oxygen atoms in total. The predicted molar refractivity (Wildman–Crippen MR) is 72.9 cm³/mol. The summed E-state index contributed by atoms with van der Waals surface area (Å²) in [5, 5.41) is 2.05. The van der Waals surface area contributed by atoms with Gasteiger partial charge in [0.1, 0.15) is 0 Å². The van der Waals surface area contributed by atoms with Gasteiger partial charge in [-0.2, -0.15) is 13.2 Å². The highest BCUT2D eigenvalue weighted by atomic mass is 35.5. The smallest absolute Gasteiger partial charge is 0.325 e. The van der Waals surface area contributed by atoms with Crippen LogP contribution >= 0.6 is 11.6 Å². The Labute approximate surface area is 120 Å². The highest BCUT2D eigenvalue weighted by Gasteiger charge is 2.33. The van der Waals surface area contributed by atoms with Gasteiger partial charge in [0.05, 0.1) is 17.1 Å². The van der Waals surface area contributed by atoms with Crippen LogP contribution < -0.4 is 5.32 Å². The normalized spacial score (nSPS) is 11.8. The second kappa shape index (κ2) is 6.95. The van der Waals surface area contributed by atoms with E-state index in [0.717, 1.165) is 12.1 Å². The number of hydrogen-bond acceptors (Lipinski definition) is 2. The molecule has 112 valence electrons. The zero-order chi connectivity index (χ0) is 15.3. The van der Waals surface area contributed by atoms with Gasteiger partial charge in [0.15, 0.2) is 0 Å². The quantitative estimate of drug-likeness (QED) is 0.900. The molecule has 0 aliphatic carbocycles. The molecular weight excluding hydrogens is 293 g/mol. The largest absolute Gasteiger partial charge is 0.417 e. The molecule has 1 aromatic rings. The molecule has 1 N–H and O–H groups in total. The maximum Gasteiger partial charge on any atom is 0.417 e. The van der Waals surface area contributed by atoms with E-state index in [4.69, 9.17) is 11.6 Å². The number of anilines is 1. The first-order valence-electron chi connectivity index (χ1n) is 6.16. The van der Waals surface area contributed by atoms with Crippen molar-refractivity contribution in [3.05, 3.63) is 28.8 Å². The second-order valence-corrected chi connectivity index (χ2v) is 4.61. The number of carbonyl (C=O) groups is 1. The third kappa shape index (κ3) is 4.68. The van der Waals surface area contributed by atoms with Crippen LogP contribution in [0.2, 0.25) is 5.02 Å². The van der Waals surface area contributed by atoms with Gasteiger partial charge in [-0.1, -0.05) is 25.4 Å².